The van der Waals surface area contributed by atoms with Gasteiger partial charge in [-0.1, -0.05) is 20.8 Å². The fraction of sp³-hybridized carbons (Fsp3) is 1.00. The topological polar surface area (TPSA) is 49.4 Å². The van der Waals surface area contributed by atoms with E-state index in [-0.39, 0.29) is 17.2 Å². The van der Waals surface area contributed by atoms with Crippen LogP contribution in [-0.2, 0) is 10.0 Å². The number of hydrogen-bond acceptors (Lipinski definition) is 3. The van der Waals surface area contributed by atoms with Gasteiger partial charge in [-0.05, 0) is 31.7 Å². The SMILES string of the molecule is CNCC1CCCN1S(=O)(=O)CCC(C)(C)C. The number of hydrogen-bond donors (Lipinski definition) is 1. The zero-order valence-electron chi connectivity index (χ0n) is 11.5. The Morgan fingerprint density at radius 1 is 1.35 bits per heavy atom. The predicted octanol–water partition coefficient (Wildman–Crippen LogP) is 1.44. The van der Waals surface area contributed by atoms with E-state index in [0.717, 1.165) is 25.8 Å². The van der Waals surface area contributed by atoms with Gasteiger partial charge in [-0.25, -0.2) is 8.42 Å². The van der Waals surface area contributed by atoms with Crippen molar-refractivity contribution in [3.63, 3.8) is 0 Å². The molecule has 0 spiro atoms. The zero-order chi connectivity index (χ0) is 13.1. The van der Waals surface area contributed by atoms with Gasteiger partial charge in [0.1, 0.15) is 0 Å². The monoisotopic (exact) mass is 262 g/mol. The van der Waals surface area contributed by atoms with E-state index in [1.165, 1.54) is 0 Å². The van der Waals surface area contributed by atoms with Gasteiger partial charge in [0.05, 0.1) is 5.75 Å². The molecule has 1 unspecified atom stereocenters. The number of nitrogens with zero attached hydrogens (tertiary/aromatic N) is 1. The van der Waals surface area contributed by atoms with Crippen molar-refractivity contribution in [3.05, 3.63) is 0 Å². The summed E-state index contributed by atoms with van der Waals surface area (Å²) in [6, 6.07) is 0.157. The summed E-state index contributed by atoms with van der Waals surface area (Å²) in [5, 5.41) is 3.08. The molecular weight excluding hydrogens is 236 g/mol. The van der Waals surface area contributed by atoms with E-state index in [9.17, 15) is 8.42 Å². The molecule has 0 aromatic carbocycles. The third-order valence-corrected chi connectivity index (χ3v) is 5.15. The fourth-order valence-corrected chi connectivity index (χ4v) is 4.31. The molecule has 4 nitrogen and oxygen atoms in total. The molecular formula is C12H26N2O2S. The first-order valence-electron chi connectivity index (χ1n) is 6.40. The van der Waals surface area contributed by atoms with Gasteiger partial charge in [-0.3, -0.25) is 0 Å². The van der Waals surface area contributed by atoms with Crippen LogP contribution < -0.4 is 5.32 Å². The Morgan fingerprint density at radius 2 is 2.00 bits per heavy atom. The number of likely N-dealkylation sites (N-methyl/N-ethyl adjacent to an activating group) is 1. The van der Waals surface area contributed by atoms with Gasteiger partial charge < -0.3 is 5.32 Å². The minimum atomic E-state index is -3.07. The van der Waals surface area contributed by atoms with Crippen molar-refractivity contribution in [3.8, 4) is 0 Å². The molecule has 5 heteroatoms. The molecule has 1 N–H and O–H groups in total. The van der Waals surface area contributed by atoms with E-state index >= 15 is 0 Å². The minimum absolute atomic E-state index is 0.0747. The van der Waals surface area contributed by atoms with Gasteiger partial charge in [0.15, 0.2) is 0 Å². The average Bonchev–Trinajstić information content (AvgIpc) is 2.63. The molecule has 1 saturated heterocycles. The van der Waals surface area contributed by atoms with Crippen LogP contribution in [0.15, 0.2) is 0 Å². The van der Waals surface area contributed by atoms with Crippen molar-refractivity contribution < 1.29 is 8.42 Å². The normalized spacial score (nSPS) is 23.2. The fourth-order valence-electron chi connectivity index (χ4n) is 2.17. The van der Waals surface area contributed by atoms with E-state index < -0.39 is 10.0 Å². The van der Waals surface area contributed by atoms with E-state index in [2.05, 4.69) is 26.1 Å². The molecule has 0 aromatic rings. The van der Waals surface area contributed by atoms with E-state index in [1.54, 1.807) is 4.31 Å². The van der Waals surface area contributed by atoms with E-state index in [1.807, 2.05) is 7.05 Å². The minimum Gasteiger partial charge on any atom is -0.318 e. The Morgan fingerprint density at radius 3 is 2.53 bits per heavy atom. The van der Waals surface area contributed by atoms with Crippen LogP contribution in [0.4, 0.5) is 0 Å². The van der Waals surface area contributed by atoms with Crippen molar-refractivity contribution in [2.24, 2.45) is 5.41 Å². The number of sulfonamides is 1. The largest absolute Gasteiger partial charge is 0.318 e. The summed E-state index contributed by atoms with van der Waals surface area (Å²) in [5.41, 5.74) is 0.0747. The third kappa shape index (κ3) is 4.56. The summed E-state index contributed by atoms with van der Waals surface area (Å²) in [7, 11) is -1.20. The van der Waals surface area contributed by atoms with Crippen LogP contribution in [0.25, 0.3) is 0 Å². The standard InChI is InChI=1S/C12H26N2O2S/c1-12(2,3)7-9-17(15,16)14-8-5-6-11(14)10-13-4/h11,13H,5-10H2,1-4H3. The highest BCUT2D eigenvalue weighted by molar-refractivity contribution is 7.89. The molecule has 0 radical (unpaired) electrons. The van der Waals surface area contributed by atoms with Gasteiger partial charge in [-0.2, -0.15) is 4.31 Å². The van der Waals surface area contributed by atoms with Crippen LogP contribution >= 0.6 is 0 Å². The van der Waals surface area contributed by atoms with Crippen LogP contribution in [0.2, 0.25) is 0 Å². The summed E-state index contributed by atoms with van der Waals surface area (Å²) < 4.78 is 26.2. The molecule has 0 saturated carbocycles. The van der Waals surface area contributed by atoms with Crippen LogP contribution in [-0.4, -0.2) is 44.7 Å². The molecule has 102 valence electrons. The van der Waals surface area contributed by atoms with Crippen LogP contribution in [0.3, 0.4) is 0 Å². The molecule has 1 aliphatic rings. The summed E-state index contributed by atoms with van der Waals surface area (Å²) in [6.07, 6.45) is 2.69. The lowest BCUT2D eigenvalue weighted by molar-refractivity contribution is 0.362. The van der Waals surface area contributed by atoms with Crippen LogP contribution in [0.5, 0.6) is 0 Å². The van der Waals surface area contributed by atoms with Gasteiger partial charge in [0.2, 0.25) is 10.0 Å². The molecule has 17 heavy (non-hydrogen) atoms. The Bertz CT molecular complexity index is 333. The second kappa shape index (κ2) is 5.67. The van der Waals surface area contributed by atoms with E-state index in [4.69, 9.17) is 0 Å². The Balaban J connectivity index is 2.63. The zero-order valence-corrected chi connectivity index (χ0v) is 12.3. The summed E-state index contributed by atoms with van der Waals surface area (Å²) in [4.78, 5) is 0. The van der Waals surface area contributed by atoms with Crippen molar-refractivity contribution >= 4 is 10.0 Å². The Labute approximate surface area is 106 Å². The lowest BCUT2D eigenvalue weighted by Crippen LogP contribution is -2.42. The molecule has 1 fully saturated rings. The maximum atomic E-state index is 12.3. The lowest BCUT2D eigenvalue weighted by atomic mass is 9.94. The third-order valence-electron chi connectivity index (χ3n) is 3.23. The molecule has 1 aliphatic heterocycles. The predicted molar refractivity (Wildman–Crippen MR) is 71.5 cm³/mol. The summed E-state index contributed by atoms with van der Waals surface area (Å²) >= 11 is 0. The van der Waals surface area contributed by atoms with Crippen molar-refractivity contribution in [1.29, 1.82) is 0 Å². The lowest BCUT2D eigenvalue weighted by Gasteiger charge is -2.26. The second-order valence-electron chi connectivity index (χ2n) is 6.09. The molecule has 1 heterocycles. The molecule has 0 amide bonds. The first-order valence-corrected chi connectivity index (χ1v) is 8.01. The van der Waals surface area contributed by atoms with Crippen LogP contribution in [0, 0.1) is 5.41 Å². The van der Waals surface area contributed by atoms with E-state index in [0.29, 0.717) is 6.54 Å². The van der Waals surface area contributed by atoms with Gasteiger partial charge in [-0.15, -0.1) is 0 Å². The highest BCUT2D eigenvalue weighted by Crippen LogP contribution is 2.25. The maximum absolute atomic E-state index is 12.3. The van der Waals surface area contributed by atoms with Crippen LogP contribution in [0.1, 0.15) is 40.0 Å². The Hall–Kier alpha value is -0.130. The Kier molecular flexibility index (Phi) is 4.98. The van der Waals surface area contributed by atoms with Gasteiger partial charge in [0, 0.05) is 19.1 Å². The van der Waals surface area contributed by atoms with Crippen molar-refractivity contribution in [1.82, 2.24) is 9.62 Å². The van der Waals surface area contributed by atoms with Crippen molar-refractivity contribution in [2.45, 2.75) is 46.1 Å². The number of nitrogens with one attached hydrogen (secondary N) is 1. The summed E-state index contributed by atoms with van der Waals surface area (Å²) in [5.74, 6) is 0.275. The molecule has 0 aliphatic carbocycles. The first kappa shape index (κ1) is 14.9. The molecule has 0 aromatic heterocycles. The molecule has 0 bridgehead atoms. The molecule has 1 rings (SSSR count). The highest BCUT2D eigenvalue weighted by atomic mass is 32.2. The second-order valence-corrected chi connectivity index (χ2v) is 8.13. The number of rotatable bonds is 5. The summed E-state index contributed by atoms with van der Waals surface area (Å²) in [6.45, 7) is 7.69. The van der Waals surface area contributed by atoms with Gasteiger partial charge in [0.25, 0.3) is 0 Å². The highest BCUT2D eigenvalue weighted by Gasteiger charge is 2.33. The first-order chi connectivity index (χ1) is 7.76. The van der Waals surface area contributed by atoms with Crippen molar-refractivity contribution in [2.75, 3.05) is 25.9 Å². The average molecular weight is 262 g/mol. The molecule has 1 atom stereocenters. The maximum Gasteiger partial charge on any atom is 0.214 e. The van der Waals surface area contributed by atoms with Gasteiger partial charge >= 0.3 is 0 Å². The quantitative estimate of drug-likeness (QED) is 0.815. The smallest absolute Gasteiger partial charge is 0.214 e.